The lowest BCUT2D eigenvalue weighted by atomic mass is 10.1. The zero-order valence-corrected chi connectivity index (χ0v) is 17.5. The van der Waals surface area contributed by atoms with Gasteiger partial charge in [0.2, 0.25) is 0 Å². The highest BCUT2D eigenvalue weighted by Gasteiger charge is 2.15. The number of hydrogen-bond donors (Lipinski definition) is 1. The molecule has 1 N–H and O–H groups in total. The van der Waals surface area contributed by atoms with Crippen LogP contribution in [-0.4, -0.2) is 35.7 Å². The molecule has 162 valence electrons. The lowest BCUT2D eigenvalue weighted by Gasteiger charge is -2.11. The number of carbonyl (C=O) groups excluding carboxylic acids is 1. The molecule has 9 nitrogen and oxygen atoms in total. The van der Waals surface area contributed by atoms with Crippen molar-refractivity contribution in [1.29, 1.82) is 0 Å². The van der Waals surface area contributed by atoms with Gasteiger partial charge in [-0.1, -0.05) is 42.5 Å². The van der Waals surface area contributed by atoms with Crippen molar-refractivity contribution in [2.75, 3.05) is 0 Å². The number of aromatic nitrogens is 6. The number of hydrogen-bond acceptors (Lipinski definition) is 6. The summed E-state index contributed by atoms with van der Waals surface area (Å²) >= 11 is 0. The summed E-state index contributed by atoms with van der Waals surface area (Å²) in [6.45, 7) is 0.358. The molecule has 0 fully saturated rings. The Kier molecular flexibility index (Phi) is 5.42. The van der Waals surface area contributed by atoms with Crippen molar-refractivity contribution >= 4 is 16.7 Å². The minimum absolute atomic E-state index is 0.125. The van der Waals surface area contributed by atoms with Crippen LogP contribution in [0.3, 0.4) is 0 Å². The molecule has 3 heterocycles. The number of nitrogens with one attached hydrogen (secondary N) is 1. The van der Waals surface area contributed by atoms with E-state index in [1.165, 1.54) is 15.7 Å². The van der Waals surface area contributed by atoms with E-state index < -0.39 is 0 Å². The van der Waals surface area contributed by atoms with Gasteiger partial charge in [0, 0.05) is 11.6 Å². The van der Waals surface area contributed by atoms with Crippen LogP contribution >= 0.6 is 0 Å². The highest BCUT2D eigenvalue weighted by Crippen LogP contribution is 2.14. The van der Waals surface area contributed by atoms with Crippen LogP contribution < -0.4 is 10.9 Å². The van der Waals surface area contributed by atoms with E-state index in [0.29, 0.717) is 16.5 Å². The van der Waals surface area contributed by atoms with E-state index in [9.17, 15) is 9.59 Å². The second-order valence-corrected chi connectivity index (χ2v) is 7.31. The molecule has 0 bridgehead atoms. The number of carbonyl (C=O) groups is 1. The van der Waals surface area contributed by atoms with Crippen molar-refractivity contribution in [2.24, 2.45) is 0 Å². The van der Waals surface area contributed by atoms with E-state index in [-0.39, 0.29) is 30.2 Å². The third-order valence-electron chi connectivity index (χ3n) is 5.11. The Morgan fingerprint density at radius 1 is 0.879 bits per heavy atom. The lowest BCUT2D eigenvalue weighted by molar-refractivity contribution is 0.0945. The SMILES string of the molecule is O=C(NCc1nn(Cc2ccccn2)c(=O)c2ccccc12)c1cnn(-c2ccccc2)n1. The first-order valence-corrected chi connectivity index (χ1v) is 10.3. The fourth-order valence-electron chi connectivity index (χ4n) is 3.50. The van der Waals surface area contributed by atoms with Gasteiger partial charge in [-0.25, -0.2) is 4.68 Å². The molecule has 0 atom stereocenters. The normalized spacial score (nSPS) is 10.9. The van der Waals surface area contributed by atoms with Crippen LogP contribution in [0.4, 0.5) is 0 Å². The van der Waals surface area contributed by atoms with Crippen LogP contribution in [0.1, 0.15) is 21.9 Å². The highest BCUT2D eigenvalue weighted by molar-refractivity contribution is 5.92. The largest absolute Gasteiger partial charge is 0.345 e. The summed E-state index contributed by atoms with van der Waals surface area (Å²) in [4.78, 5) is 31.3. The molecule has 1 amide bonds. The van der Waals surface area contributed by atoms with Gasteiger partial charge in [-0.15, -0.1) is 5.10 Å². The summed E-state index contributed by atoms with van der Waals surface area (Å²) in [5.41, 5.74) is 2.02. The Labute approximate surface area is 188 Å². The number of para-hydroxylation sites is 1. The molecule has 9 heteroatoms. The number of pyridine rings is 1. The van der Waals surface area contributed by atoms with Crippen LogP contribution in [-0.2, 0) is 13.1 Å². The molecule has 0 radical (unpaired) electrons. The second kappa shape index (κ2) is 8.83. The minimum Gasteiger partial charge on any atom is -0.345 e. The molecular weight excluding hydrogens is 418 g/mol. The molecule has 3 aromatic heterocycles. The van der Waals surface area contributed by atoms with Gasteiger partial charge in [0.05, 0.1) is 41.7 Å². The molecule has 0 aliphatic carbocycles. The molecule has 5 rings (SSSR count). The number of nitrogens with zero attached hydrogens (tertiary/aromatic N) is 6. The second-order valence-electron chi connectivity index (χ2n) is 7.31. The van der Waals surface area contributed by atoms with Gasteiger partial charge in [-0.05, 0) is 30.3 Å². The summed E-state index contributed by atoms with van der Waals surface area (Å²) in [5, 5.41) is 17.0. The first-order valence-electron chi connectivity index (χ1n) is 10.3. The van der Waals surface area contributed by atoms with Crippen molar-refractivity contribution in [3.8, 4) is 5.69 Å². The summed E-state index contributed by atoms with van der Waals surface area (Å²) in [6, 6.07) is 22.1. The van der Waals surface area contributed by atoms with Gasteiger partial charge >= 0.3 is 0 Å². The molecule has 0 aliphatic heterocycles. The van der Waals surface area contributed by atoms with E-state index in [1.807, 2.05) is 60.7 Å². The van der Waals surface area contributed by atoms with Gasteiger partial charge in [-0.3, -0.25) is 14.6 Å². The topological polar surface area (TPSA) is 108 Å². The molecule has 2 aromatic carbocycles. The molecule has 0 saturated heterocycles. The minimum atomic E-state index is -0.384. The van der Waals surface area contributed by atoms with Crippen molar-refractivity contribution in [1.82, 2.24) is 35.1 Å². The predicted molar refractivity (Wildman–Crippen MR) is 122 cm³/mol. The number of fused-ring (bicyclic) bond motifs is 1. The maximum Gasteiger partial charge on any atom is 0.275 e. The summed E-state index contributed by atoms with van der Waals surface area (Å²) < 4.78 is 1.37. The first kappa shape index (κ1) is 20.3. The molecule has 5 aromatic rings. The van der Waals surface area contributed by atoms with Crippen LogP contribution in [0, 0.1) is 0 Å². The molecular formula is C24H19N7O2. The molecule has 0 spiro atoms. The zero-order chi connectivity index (χ0) is 22.6. The van der Waals surface area contributed by atoms with E-state index in [0.717, 1.165) is 11.4 Å². The van der Waals surface area contributed by atoms with Gasteiger partial charge in [-0.2, -0.15) is 15.0 Å². The molecule has 0 saturated carbocycles. The third kappa shape index (κ3) is 4.24. The zero-order valence-electron chi connectivity index (χ0n) is 17.5. The Bertz CT molecular complexity index is 1480. The van der Waals surface area contributed by atoms with Crippen LogP contribution in [0.5, 0.6) is 0 Å². The average Bonchev–Trinajstić information content (AvgIpc) is 3.37. The number of rotatable bonds is 6. The molecule has 0 unspecified atom stereocenters. The summed E-state index contributed by atoms with van der Waals surface area (Å²) in [7, 11) is 0. The van der Waals surface area contributed by atoms with Crippen LogP contribution in [0.2, 0.25) is 0 Å². The monoisotopic (exact) mass is 437 g/mol. The van der Waals surface area contributed by atoms with Crippen molar-refractivity contribution in [2.45, 2.75) is 13.1 Å². The average molecular weight is 437 g/mol. The number of benzene rings is 2. The van der Waals surface area contributed by atoms with Gasteiger partial charge in [0.1, 0.15) is 0 Å². The van der Waals surface area contributed by atoms with Gasteiger partial charge in [0.15, 0.2) is 5.69 Å². The summed E-state index contributed by atoms with van der Waals surface area (Å²) in [6.07, 6.45) is 3.08. The van der Waals surface area contributed by atoms with E-state index >= 15 is 0 Å². The maximum absolute atomic E-state index is 12.9. The van der Waals surface area contributed by atoms with Crippen LogP contribution in [0.15, 0.2) is 90.0 Å². The Balaban J connectivity index is 1.40. The Hall–Kier alpha value is -4.66. The van der Waals surface area contributed by atoms with Crippen molar-refractivity contribution < 1.29 is 4.79 Å². The quantitative estimate of drug-likeness (QED) is 0.437. The summed E-state index contributed by atoms with van der Waals surface area (Å²) in [5.74, 6) is -0.384. The molecule has 0 aliphatic rings. The molecule has 33 heavy (non-hydrogen) atoms. The fraction of sp³-hybridized carbons (Fsp3) is 0.0833. The van der Waals surface area contributed by atoms with Gasteiger partial charge in [0.25, 0.3) is 11.5 Å². The van der Waals surface area contributed by atoms with Gasteiger partial charge < -0.3 is 5.32 Å². The van der Waals surface area contributed by atoms with E-state index in [4.69, 9.17) is 0 Å². The number of amides is 1. The standard InChI is InChI=1S/C24H19N7O2/c32-23(22-15-27-31(29-22)18-9-2-1-3-10-18)26-14-21-19-11-4-5-12-20(19)24(33)30(28-21)16-17-8-6-7-13-25-17/h1-13,15H,14,16H2,(H,26,32). The smallest absolute Gasteiger partial charge is 0.275 e. The Morgan fingerprint density at radius 2 is 1.64 bits per heavy atom. The lowest BCUT2D eigenvalue weighted by Crippen LogP contribution is -2.29. The third-order valence-corrected chi connectivity index (χ3v) is 5.11. The van der Waals surface area contributed by atoms with Crippen molar-refractivity contribution in [3.63, 3.8) is 0 Å². The first-order chi connectivity index (χ1) is 16.2. The fourth-order valence-corrected chi connectivity index (χ4v) is 3.50. The van der Waals surface area contributed by atoms with Crippen LogP contribution in [0.25, 0.3) is 16.5 Å². The Morgan fingerprint density at radius 3 is 2.42 bits per heavy atom. The highest BCUT2D eigenvalue weighted by atomic mass is 16.2. The predicted octanol–water partition coefficient (Wildman–Crippen LogP) is 2.35. The van der Waals surface area contributed by atoms with E-state index in [2.05, 4.69) is 25.6 Å². The van der Waals surface area contributed by atoms with E-state index in [1.54, 1.807) is 18.3 Å². The maximum atomic E-state index is 12.9. The van der Waals surface area contributed by atoms with Crippen molar-refractivity contribution in [3.05, 3.63) is 113 Å².